The molecule has 0 bridgehead atoms. The molecule has 0 aromatic heterocycles. The highest BCUT2D eigenvalue weighted by atomic mass is 16.5. The van der Waals surface area contributed by atoms with E-state index in [1.54, 1.807) is 32.0 Å². The van der Waals surface area contributed by atoms with E-state index >= 15 is 0 Å². The molecule has 0 saturated heterocycles. The largest absolute Gasteiger partial charge is 0.496 e. The van der Waals surface area contributed by atoms with Gasteiger partial charge in [-0.1, -0.05) is 29.3 Å². The second kappa shape index (κ2) is 10.6. The lowest BCUT2D eigenvalue weighted by Gasteiger charge is -2.18. The van der Waals surface area contributed by atoms with Gasteiger partial charge < -0.3 is 19.3 Å². The molecule has 7 nitrogen and oxygen atoms in total. The lowest BCUT2D eigenvalue weighted by Crippen LogP contribution is -2.29. The van der Waals surface area contributed by atoms with Crippen molar-refractivity contribution in [1.82, 2.24) is 0 Å². The van der Waals surface area contributed by atoms with Crippen molar-refractivity contribution < 1.29 is 28.9 Å². The van der Waals surface area contributed by atoms with Gasteiger partial charge in [-0.2, -0.15) is 0 Å². The van der Waals surface area contributed by atoms with Crippen LogP contribution in [0.1, 0.15) is 36.1 Å². The van der Waals surface area contributed by atoms with Crippen molar-refractivity contribution in [3.8, 4) is 5.75 Å². The fraction of sp³-hybridized carbons (Fsp3) is 0.391. The van der Waals surface area contributed by atoms with Crippen molar-refractivity contribution in [1.29, 1.82) is 0 Å². The number of nitrogens with one attached hydrogen (secondary N) is 1. The highest BCUT2D eigenvalue weighted by Gasteiger charge is 2.22. The lowest BCUT2D eigenvalue weighted by atomic mass is 10.1. The molecule has 0 fully saturated rings. The van der Waals surface area contributed by atoms with Crippen molar-refractivity contribution in [3.05, 3.63) is 58.7 Å². The maximum atomic E-state index is 12.2. The zero-order valence-corrected chi connectivity index (χ0v) is 18.0. The van der Waals surface area contributed by atoms with Crippen LogP contribution in [-0.4, -0.2) is 36.5 Å². The van der Waals surface area contributed by atoms with Gasteiger partial charge in [0.25, 0.3) is 0 Å². The van der Waals surface area contributed by atoms with E-state index in [-0.39, 0.29) is 19.1 Å². The van der Waals surface area contributed by atoms with Crippen LogP contribution in [0.25, 0.3) is 0 Å². The highest BCUT2D eigenvalue weighted by Crippen LogP contribution is 2.25. The van der Waals surface area contributed by atoms with Gasteiger partial charge in [0.05, 0.1) is 13.2 Å². The van der Waals surface area contributed by atoms with Crippen LogP contribution in [0.3, 0.4) is 0 Å². The Bertz CT molecular complexity index is 873. The lowest BCUT2D eigenvalue weighted by molar-refractivity contribution is -0.153. The van der Waals surface area contributed by atoms with Gasteiger partial charge in [-0.05, 0) is 57.0 Å². The second-order valence-electron chi connectivity index (χ2n) is 7.44. The summed E-state index contributed by atoms with van der Waals surface area (Å²) in [7, 11) is 1.50. The van der Waals surface area contributed by atoms with Crippen LogP contribution in [0, 0.1) is 13.8 Å². The number of carboxylic acids is 1. The molecule has 2 aromatic rings. The van der Waals surface area contributed by atoms with Crippen LogP contribution < -0.4 is 10.1 Å². The first-order valence-electron chi connectivity index (χ1n) is 9.74. The van der Waals surface area contributed by atoms with Gasteiger partial charge in [0, 0.05) is 12.1 Å². The van der Waals surface area contributed by atoms with Gasteiger partial charge in [-0.25, -0.2) is 9.59 Å². The molecule has 0 saturated carbocycles. The van der Waals surface area contributed by atoms with Gasteiger partial charge in [-0.3, -0.25) is 5.32 Å². The molecule has 2 aromatic carbocycles. The zero-order chi connectivity index (χ0) is 22.3. The number of aryl methyl sites for hydroxylation is 2. The Morgan fingerprint density at radius 3 is 2.30 bits per heavy atom. The molecule has 30 heavy (non-hydrogen) atoms. The number of rotatable bonds is 9. The Morgan fingerprint density at radius 1 is 1.07 bits per heavy atom. The number of hydrogen-bond donors (Lipinski definition) is 2. The summed E-state index contributed by atoms with van der Waals surface area (Å²) in [6, 6.07) is 11.0. The summed E-state index contributed by atoms with van der Waals surface area (Å²) in [5, 5.41) is 12.1. The van der Waals surface area contributed by atoms with Gasteiger partial charge in [0.15, 0.2) is 6.10 Å². The molecule has 2 rings (SSSR count). The molecule has 0 spiro atoms. The highest BCUT2D eigenvalue weighted by molar-refractivity contribution is 5.85. The number of carboxylic acid groups (broad SMARTS) is 1. The van der Waals surface area contributed by atoms with Crippen LogP contribution in [0.4, 0.5) is 10.5 Å². The molecule has 7 heteroatoms. The summed E-state index contributed by atoms with van der Waals surface area (Å²) in [4.78, 5) is 23.7. The molecule has 0 aliphatic heterocycles. The predicted molar refractivity (Wildman–Crippen MR) is 114 cm³/mol. The number of anilines is 1. The van der Waals surface area contributed by atoms with Gasteiger partial charge in [0.2, 0.25) is 0 Å². The number of ether oxygens (including phenoxy) is 3. The third kappa shape index (κ3) is 7.08. The summed E-state index contributed by atoms with van der Waals surface area (Å²) in [6.45, 7) is 7.68. The quantitative estimate of drug-likeness (QED) is 0.627. The van der Waals surface area contributed by atoms with Gasteiger partial charge in [0.1, 0.15) is 12.4 Å². The van der Waals surface area contributed by atoms with E-state index in [1.165, 1.54) is 7.11 Å². The Labute approximate surface area is 177 Å². The van der Waals surface area contributed by atoms with E-state index in [1.807, 2.05) is 26.0 Å². The number of aliphatic carboxylic acids is 1. The summed E-state index contributed by atoms with van der Waals surface area (Å²) in [5.41, 5.74) is 4.20. The van der Waals surface area contributed by atoms with Crippen molar-refractivity contribution in [2.24, 2.45) is 0 Å². The molecule has 1 unspecified atom stereocenters. The molecule has 0 aliphatic carbocycles. The Morgan fingerprint density at radius 2 is 1.73 bits per heavy atom. The topological polar surface area (TPSA) is 94.1 Å². The Kier molecular flexibility index (Phi) is 8.24. The Hall–Kier alpha value is -3.06. The van der Waals surface area contributed by atoms with E-state index in [2.05, 4.69) is 11.4 Å². The summed E-state index contributed by atoms with van der Waals surface area (Å²) in [6.07, 6.45) is -1.76. The van der Waals surface area contributed by atoms with E-state index in [0.717, 1.165) is 16.7 Å². The van der Waals surface area contributed by atoms with Crippen LogP contribution in [0.2, 0.25) is 0 Å². The normalized spacial score (nSPS) is 11.8. The number of amides is 1. The van der Waals surface area contributed by atoms with Gasteiger partial charge in [-0.15, -0.1) is 0 Å². The van der Waals surface area contributed by atoms with E-state index in [4.69, 9.17) is 14.2 Å². The van der Waals surface area contributed by atoms with E-state index in [9.17, 15) is 14.7 Å². The minimum Gasteiger partial charge on any atom is -0.496 e. The number of benzene rings is 2. The predicted octanol–water partition coefficient (Wildman–Crippen LogP) is 4.48. The minimum absolute atomic E-state index is 0.101. The van der Waals surface area contributed by atoms with Crippen LogP contribution in [0.15, 0.2) is 36.4 Å². The molecule has 1 amide bonds. The third-order valence-corrected chi connectivity index (χ3v) is 4.30. The number of carbonyl (C=O) groups is 2. The van der Waals surface area contributed by atoms with E-state index in [0.29, 0.717) is 17.0 Å². The van der Waals surface area contributed by atoms with E-state index < -0.39 is 18.2 Å². The molecule has 0 aliphatic rings. The average molecular weight is 415 g/mol. The van der Waals surface area contributed by atoms with Crippen LogP contribution in [-0.2, 0) is 27.3 Å². The maximum absolute atomic E-state index is 12.2. The maximum Gasteiger partial charge on any atom is 0.411 e. The van der Waals surface area contributed by atoms with Crippen molar-refractivity contribution in [2.75, 3.05) is 12.4 Å². The first-order valence-corrected chi connectivity index (χ1v) is 9.74. The molecule has 0 heterocycles. The summed E-state index contributed by atoms with van der Waals surface area (Å²) in [5.74, 6) is -0.542. The van der Waals surface area contributed by atoms with Crippen molar-refractivity contribution in [3.63, 3.8) is 0 Å². The smallest absolute Gasteiger partial charge is 0.411 e. The molecule has 1 atom stereocenters. The molecule has 162 valence electrons. The van der Waals surface area contributed by atoms with Crippen molar-refractivity contribution >= 4 is 17.7 Å². The monoisotopic (exact) mass is 415 g/mol. The fourth-order valence-electron chi connectivity index (χ4n) is 3.19. The summed E-state index contributed by atoms with van der Waals surface area (Å²) < 4.78 is 16.1. The fourth-order valence-corrected chi connectivity index (χ4v) is 3.19. The first kappa shape index (κ1) is 23.2. The summed E-state index contributed by atoms with van der Waals surface area (Å²) >= 11 is 0. The van der Waals surface area contributed by atoms with Crippen LogP contribution >= 0.6 is 0 Å². The zero-order valence-electron chi connectivity index (χ0n) is 18.0. The second-order valence-corrected chi connectivity index (χ2v) is 7.44. The minimum atomic E-state index is -1.06. The number of hydrogen-bond acceptors (Lipinski definition) is 5. The van der Waals surface area contributed by atoms with Gasteiger partial charge >= 0.3 is 12.1 Å². The molecular formula is C23H29NO6. The first-order chi connectivity index (χ1) is 14.2. The number of carbonyl (C=O) groups excluding carboxylic acids is 1. The van der Waals surface area contributed by atoms with Crippen LogP contribution in [0.5, 0.6) is 5.75 Å². The standard InChI is InChI=1S/C23H29NO6/c1-14(2)30-21(22(25)26)12-18-11-19(6-7-20(18)28-5)24-23(27)29-13-17-9-15(3)8-16(4)10-17/h6-11,14,21H,12-13H2,1-5H3,(H,24,27)(H,25,26). The Balaban J connectivity index is 2.07. The molecular weight excluding hydrogens is 386 g/mol. The average Bonchev–Trinajstić information content (AvgIpc) is 2.65. The third-order valence-electron chi connectivity index (χ3n) is 4.30. The molecule has 0 radical (unpaired) electrons. The molecule has 2 N–H and O–H groups in total. The van der Waals surface area contributed by atoms with Crippen molar-refractivity contribution in [2.45, 2.75) is 52.9 Å². The number of methoxy groups -OCH3 is 1. The SMILES string of the molecule is COc1ccc(NC(=O)OCc2cc(C)cc(C)c2)cc1CC(OC(C)C)C(=O)O.